The molecular weight excluding hydrogens is 797 g/mol. The molecular formula is C45H62N8O7S. The zero-order valence-corrected chi connectivity index (χ0v) is 37.3. The number of carbonyl (C=O) groups is 3. The Morgan fingerprint density at radius 1 is 1.02 bits per heavy atom. The molecule has 1 fully saturated rings. The minimum absolute atomic E-state index is 0.0138. The number of carbonyl (C=O) groups excluding carboxylic acids is 3. The number of primary amides is 1. The number of hydrogen-bond donors (Lipinski definition) is 3. The lowest BCUT2D eigenvalue weighted by Gasteiger charge is -2.32. The van der Waals surface area contributed by atoms with E-state index in [9.17, 15) is 22.8 Å². The molecule has 16 heteroatoms. The van der Waals surface area contributed by atoms with Gasteiger partial charge in [0.1, 0.15) is 28.8 Å². The highest BCUT2D eigenvalue weighted by atomic mass is 32.2. The number of unbranched alkanes of at least 4 members (excludes halogenated alkanes) is 5. The summed E-state index contributed by atoms with van der Waals surface area (Å²) in [6, 6.07) is 8.26. The summed E-state index contributed by atoms with van der Waals surface area (Å²) in [4.78, 5) is 50.2. The van der Waals surface area contributed by atoms with E-state index >= 15 is 0 Å². The molecule has 6 rings (SSSR count). The van der Waals surface area contributed by atoms with Gasteiger partial charge < -0.3 is 30.3 Å². The number of benzene rings is 2. The zero-order chi connectivity index (χ0) is 43.9. The van der Waals surface area contributed by atoms with Gasteiger partial charge >= 0.3 is 5.97 Å². The standard InChI is InChI=1S/C45H62N8O7S/c1-29-30(2)50-51-42(29)49-43-34-24-39(61(57,58)45(3,4)5)38(25-36(34)47-28-48-43)60-27-31-19-22-52(23-20-31)21-12-10-8-7-9-11-14-32-15-13-16-33-35(32)26-53(44(33)56)37(41(46)55)17-18-40(54)59-6/h13,15-16,24-25,28,31,37H,7-12,14,17-23,26-27H2,1-6H3,(H2,46,55)(H2,47,48,49,50,51)/t37-/m0/s1. The molecule has 2 aromatic heterocycles. The van der Waals surface area contributed by atoms with Gasteiger partial charge in [0, 0.05) is 41.2 Å². The number of hydrogen-bond acceptors (Lipinski definition) is 12. The van der Waals surface area contributed by atoms with Crippen LogP contribution in [0, 0.1) is 19.8 Å². The first-order valence-corrected chi connectivity index (χ1v) is 23.0. The van der Waals surface area contributed by atoms with Crippen molar-refractivity contribution in [2.75, 3.05) is 38.7 Å². The quantitative estimate of drug-likeness (QED) is 0.0626. The van der Waals surface area contributed by atoms with Gasteiger partial charge in [-0.05, 0) is 122 Å². The molecule has 1 atom stereocenters. The van der Waals surface area contributed by atoms with E-state index < -0.39 is 32.5 Å². The second kappa shape index (κ2) is 19.7. The number of esters is 1. The summed E-state index contributed by atoms with van der Waals surface area (Å²) in [7, 11) is -2.48. The number of nitrogens with two attached hydrogens (primary N) is 1. The van der Waals surface area contributed by atoms with Gasteiger partial charge in [-0.2, -0.15) is 5.10 Å². The van der Waals surface area contributed by atoms with Gasteiger partial charge in [-0.3, -0.25) is 19.5 Å². The molecule has 0 spiro atoms. The number of aromatic nitrogens is 4. The number of sulfone groups is 1. The summed E-state index contributed by atoms with van der Waals surface area (Å²) in [5, 5.41) is 11.1. The molecule has 330 valence electrons. The monoisotopic (exact) mass is 858 g/mol. The molecule has 0 bridgehead atoms. The Hall–Kier alpha value is -5.09. The Morgan fingerprint density at radius 3 is 2.41 bits per heavy atom. The van der Waals surface area contributed by atoms with Crippen LogP contribution in [0.15, 0.2) is 41.6 Å². The lowest BCUT2D eigenvalue weighted by atomic mass is 9.97. The van der Waals surface area contributed by atoms with E-state index in [1.807, 2.05) is 19.9 Å². The average molecular weight is 859 g/mol. The molecule has 2 aliphatic heterocycles. The largest absolute Gasteiger partial charge is 0.492 e. The van der Waals surface area contributed by atoms with E-state index in [-0.39, 0.29) is 23.6 Å². The van der Waals surface area contributed by atoms with Crippen LogP contribution in [0.25, 0.3) is 10.9 Å². The van der Waals surface area contributed by atoms with E-state index in [1.54, 1.807) is 39.0 Å². The Bertz CT molecular complexity index is 2310. The highest BCUT2D eigenvalue weighted by Crippen LogP contribution is 2.38. The Kier molecular flexibility index (Phi) is 14.7. The minimum atomic E-state index is -3.78. The van der Waals surface area contributed by atoms with Crippen LogP contribution in [0.4, 0.5) is 11.6 Å². The predicted octanol–water partition coefficient (Wildman–Crippen LogP) is 6.72. The summed E-state index contributed by atoms with van der Waals surface area (Å²) in [6.07, 6.45) is 11.2. The van der Waals surface area contributed by atoms with Crippen molar-refractivity contribution in [2.45, 2.75) is 127 Å². The fraction of sp³-hybridized carbons (Fsp3) is 0.556. The Labute approximate surface area is 359 Å². The fourth-order valence-electron chi connectivity index (χ4n) is 8.19. The summed E-state index contributed by atoms with van der Waals surface area (Å²) in [5.41, 5.74) is 10.8. The van der Waals surface area contributed by atoms with E-state index in [0.29, 0.717) is 52.9 Å². The van der Waals surface area contributed by atoms with E-state index in [4.69, 9.17) is 15.2 Å². The average Bonchev–Trinajstić information content (AvgIpc) is 3.74. The molecule has 0 unspecified atom stereocenters. The van der Waals surface area contributed by atoms with Gasteiger partial charge in [0.05, 0.1) is 24.0 Å². The number of aromatic amines is 1. The first-order chi connectivity index (χ1) is 29.1. The van der Waals surface area contributed by atoms with Crippen LogP contribution in [0.2, 0.25) is 0 Å². The maximum absolute atomic E-state index is 13.9. The molecule has 0 radical (unpaired) electrons. The van der Waals surface area contributed by atoms with Crippen LogP contribution in [-0.4, -0.2) is 100 Å². The summed E-state index contributed by atoms with van der Waals surface area (Å²) in [5.74, 6) is 0.434. The maximum atomic E-state index is 13.9. The lowest BCUT2D eigenvalue weighted by molar-refractivity contribution is -0.141. The van der Waals surface area contributed by atoms with Gasteiger partial charge in [-0.25, -0.2) is 18.4 Å². The number of rotatable bonds is 20. The van der Waals surface area contributed by atoms with Crippen molar-refractivity contribution in [2.24, 2.45) is 11.7 Å². The Balaban J connectivity index is 0.931. The van der Waals surface area contributed by atoms with Crippen LogP contribution in [0.5, 0.6) is 5.75 Å². The molecule has 1 saturated heterocycles. The third-order valence-corrected chi connectivity index (χ3v) is 14.8. The molecule has 2 aromatic carbocycles. The van der Waals surface area contributed by atoms with Crippen molar-refractivity contribution in [1.82, 2.24) is 30.0 Å². The SMILES string of the molecule is COC(=O)CC[C@@H](C(N)=O)N1Cc2c(CCCCCCCCN3CCC(COc4cc5ncnc(Nc6n[nH]c(C)c6C)c5cc4S(=O)(=O)C(C)(C)C)CC3)cccc2C1=O. The zero-order valence-electron chi connectivity index (χ0n) is 36.5. The number of methoxy groups -OCH3 is 1. The number of likely N-dealkylation sites (tertiary alicyclic amines) is 1. The third-order valence-electron chi connectivity index (χ3n) is 12.3. The second-order valence-corrected chi connectivity index (χ2v) is 20.1. The maximum Gasteiger partial charge on any atom is 0.305 e. The number of anilines is 2. The number of nitrogens with one attached hydrogen (secondary N) is 2. The number of H-pyrrole nitrogens is 1. The number of amides is 2. The second-order valence-electron chi connectivity index (χ2n) is 17.5. The summed E-state index contributed by atoms with van der Waals surface area (Å²) < 4.78 is 37.9. The molecule has 4 aromatic rings. The van der Waals surface area contributed by atoms with Crippen molar-refractivity contribution < 1.29 is 32.3 Å². The fourth-order valence-corrected chi connectivity index (χ4v) is 9.51. The highest BCUT2D eigenvalue weighted by Gasteiger charge is 2.37. The molecule has 15 nitrogen and oxygen atoms in total. The molecule has 0 aliphatic carbocycles. The first-order valence-electron chi connectivity index (χ1n) is 21.5. The van der Waals surface area contributed by atoms with Gasteiger partial charge in [-0.15, -0.1) is 0 Å². The Morgan fingerprint density at radius 2 is 1.74 bits per heavy atom. The van der Waals surface area contributed by atoms with Crippen LogP contribution in [0.3, 0.4) is 0 Å². The molecule has 4 N–H and O–H groups in total. The number of piperidine rings is 1. The van der Waals surface area contributed by atoms with Crippen molar-refractivity contribution in [1.29, 1.82) is 0 Å². The van der Waals surface area contributed by atoms with Gasteiger partial charge in [0.15, 0.2) is 15.7 Å². The van der Waals surface area contributed by atoms with Crippen LogP contribution < -0.4 is 15.8 Å². The van der Waals surface area contributed by atoms with Crippen LogP contribution in [0.1, 0.15) is 118 Å². The van der Waals surface area contributed by atoms with E-state index in [1.165, 1.54) is 31.2 Å². The van der Waals surface area contributed by atoms with E-state index in [2.05, 4.69) is 36.4 Å². The normalized spacial score (nSPS) is 15.6. The van der Waals surface area contributed by atoms with Gasteiger partial charge in [-0.1, -0.05) is 37.8 Å². The topological polar surface area (TPSA) is 203 Å². The van der Waals surface area contributed by atoms with Gasteiger partial charge in [0.2, 0.25) is 5.91 Å². The summed E-state index contributed by atoms with van der Waals surface area (Å²) in [6.45, 7) is 12.8. The van der Waals surface area contributed by atoms with Crippen molar-refractivity contribution in [3.8, 4) is 5.75 Å². The third kappa shape index (κ3) is 10.7. The van der Waals surface area contributed by atoms with Crippen LogP contribution in [-0.2, 0) is 37.1 Å². The minimum Gasteiger partial charge on any atom is -0.492 e. The first kappa shape index (κ1) is 45.4. The lowest BCUT2D eigenvalue weighted by Crippen LogP contribution is -2.45. The summed E-state index contributed by atoms with van der Waals surface area (Å²) >= 11 is 0. The number of fused-ring (bicyclic) bond motifs is 2. The molecule has 2 amide bonds. The molecule has 4 heterocycles. The number of aryl methyl sites for hydroxylation is 2. The van der Waals surface area contributed by atoms with Crippen molar-refractivity contribution in [3.05, 3.63) is 64.6 Å². The van der Waals surface area contributed by atoms with Crippen molar-refractivity contribution in [3.63, 3.8) is 0 Å². The van der Waals surface area contributed by atoms with Crippen molar-refractivity contribution >= 4 is 50.2 Å². The highest BCUT2D eigenvalue weighted by molar-refractivity contribution is 7.92. The van der Waals surface area contributed by atoms with Crippen LogP contribution >= 0.6 is 0 Å². The number of nitrogens with zero attached hydrogens (tertiary/aromatic N) is 5. The van der Waals surface area contributed by atoms with Gasteiger partial charge in [0.25, 0.3) is 5.91 Å². The molecule has 2 aliphatic rings. The van der Waals surface area contributed by atoms with E-state index in [0.717, 1.165) is 87.0 Å². The number of ether oxygens (including phenoxy) is 2. The molecule has 0 saturated carbocycles. The molecule has 61 heavy (non-hydrogen) atoms. The smallest absolute Gasteiger partial charge is 0.305 e. The predicted molar refractivity (Wildman–Crippen MR) is 234 cm³/mol.